The molecule has 2 aromatic heterocycles. The van der Waals surface area contributed by atoms with Gasteiger partial charge in [-0.25, -0.2) is 0 Å². The van der Waals surface area contributed by atoms with Gasteiger partial charge < -0.3 is 19.7 Å². The monoisotopic (exact) mass is 403 g/mol. The topological polar surface area (TPSA) is 64.4 Å². The molecule has 0 amide bonds. The SMILES string of the molecule is COc1cc2ncc3c(c(-c4ccc(N5CCNCC5)cc4)nn3C)c2cc1OC. The average Bonchev–Trinajstić information content (AvgIpc) is 3.15. The van der Waals surface area contributed by atoms with E-state index >= 15 is 0 Å². The number of aromatic nitrogens is 3. The van der Waals surface area contributed by atoms with Crippen molar-refractivity contribution in [1.82, 2.24) is 20.1 Å². The second-order valence-corrected chi connectivity index (χ2v) is 7.50. The molecule has 4 aromatic rings. The summed E-state index contributed by atoms with van der Waals surface area (Å²) in [5.74, 6) is 1.35. The number of nitrogens with zero attached hydrogens (tertiary/aromatic N) is 4. The fourth-order valence-electron chi connectivity index (χ4n) is 4.21. The van der Waals surface area contributed by atoms with Gasteiger partial charge in [-0.2, -0.15) is 5.10 Å². The van der Waals surface area contributed by atoms with E-state index in [2.05, 4.69) is 39.5 Å². The smallest absolute Gasteiger partial charge is 0.162 e. The third-order valence-corrected chi connectivity index (χ3v) is 5.81. The fraction of sp³-hybridized carbons (Fsp3) is 0.304. The summed E-state index contributed by atoms with van der Waals surface area (Å²) in [7, 11) is 5.24. The zero-order chi connectivity index (χ0) is 20.7. The standard InChI is InChI=1S/C23H25N5O2/c1-27-19-14-25-18-13-21(30-3)20(29-2)12-17(18)22(19)23(26-27)15-4-6-16(7-5-15)28-10-8-24-9-11-28/h4-7,12-14,24H,8-11H2,1-3H3. The van der Waals surface area contributed by atoms with Crippen LogP contribution in [0.4, 0.5) is 5.69 Å². The fourth-order valence-corrected chi connectivity index (χ4v) is 4.21. The largest absolute Gasteiger partial charge is 0.493 e. The lowest BCUT2D eigenvalue weighted by Crippen LogP contribution is -2.43. The van der Waals surface area contributed by atoms with Crippen molar-refractivity contribution in [3.05, 3.63) is 42.6 Å². The van der Waals surface area contributed by atoms with E-state index in [9.17, 15) is 0 Å². The molecule has 3 heterocycles. The number of benzene rings is 2. The van der Waals surface area contributed by atoms with E-state index in [0.29, 0.717) is 11.5 Å². The van der Waals surface area contributed by atoms with Crippen LogP contribution in [0.2, 0.25) is 0 Å². The lowest BCUT2D eigenvalue weighted by Gasteiger charge is -2.29. The Morgan fingerprint density at radius 1 is 0.967 bits per heavy atom. The van der Waals surface area contributed by atoms with Crippen molar-refractivity contribution in [1.29, 1.82) is 0 Å². The van der Waals surface area contributed by atoms with Crippen molar-refractivity contribution in [2.75, 3.05) is 45.3 Å². The molecular formula is C23H25N5O2. The Labute approximate surface area is 175 Å². The summed E-state index contributed by atoms with van der Waals surface area (Å²) < 4.78 is 12.9. The summed E-state index contributed by atoms with van der Waals surface area (Å²) in [5.41, 5.74) is 5.11. The first-order valence-electron chi connectivity index (χ1n) is 10.1. The Hall–Kier alpha value is -3.32. The van der Waals surface area contributed by atoms with Gasteiger partial charge >= 0.3 is 0 Å². The number of nitrogens with one attached hydrogen (secondary N) is 1. The van der Waals surface area contributed by atoms with Crippen LogP contribution in [0.25, 0.3) is 33.1 Å². The van der Waals surface area contributed by atoms with Crippen LogP contribution in [0, 0.1) is 0 Å². The number of hydrogen-bond acceptors (Lipinski definition) is 6. The van der Waals surface area contributed by atoms with Crippen LogP contribution < -0.4 is 19.7 Å². The molecule has 0 atom stereocenters. The van der Waals surface area contributed by atoms with Crippen molar-refractivity contribution in [2.45, 2.75) is 0 Å². The van der Waals surface area contributed by atoms with Crippen molar-refractivity contribution in [3.63, 3.8) is 0 Å². The Morgan fingerprint density at radius 2 is 1.67 bits per heavy atom. The molecule has 0 aliphatic carbocycles. The predicted octanol–water partition coefficient (Wildman–Crippen LogP) is 3.22. The van der Waals surface area contributed by atoms with Gasteiger partial charge in [0.15, 0.2) is 11.5 Å². The second-order valence-electron chi connectivity index (χ2n) is 7.50. The van der Waals surface area contributed by atoms with Crippen molar-refractivity contribution in [2.24, 2.45) is 7.05 Å². The number of fused-ring (bicyclic) bond motifs is 3. The van der Waals surface area contributed by atoms with Gasteiger partial charge in [0, 0.05) is 61.3 Å². The number of pyridine rings is 1. The first-order valence-corrected chi connectivity index (χ1v) is 10.1. The molecule has 0 radical (unpaired) electrons. The summed E-state index contributed by atoms with van der Waals surface area (Å²) in [6, 6.07) is 12.6. The molecule has 7 nitrogen and oxygen atoms in total. The van der Waals surface area contributed by atoms with E-state index in [1.54, 1.807) is 14.2 Å². The minimum atomic E-state index is 0.669. The summed E-state index contributed by atoms with van der Waals surface area (Å²) in [4.78, 5) is 7.04. The Balaban J connectivity index is 1.66. The number of ether oxygens (including phenoxy) is 2. The van der Waals surface area contributed by atoms with Gasteiger partial charge in [0.2, 0.25) is 0 Å². The first kappa shape index (κ1) is 18.7. The van der Waals surface area contributed by atoms with Crippen molar-refractivity contribution < 1.29 is 9.47 Å². The van der Waals surface area contributed by atoms with Crippen LogP contribution in [0.1, 0.15) is 0 Å². The molecule has 1 fully saturated rings. The molecule has 1 N–H and O–H groups in total. The maximum atomic E-state index is 5.54. The molecule has 0 unspecified atom stereocenters. The maximum Gasteiger partial charge on any atom is 0.162 e. The number of anilines is 1. The number of rotatable bonds is 4. The van der Waals surface area contributed by atoms with E-state index < -0.39 is 0 Å². The van der Waals surface area contributed by atoms with Gasteiger partial charge in [0.05, 0.1) is 31.4 Å². The second kappa shape index (κ2) is 7.50. The van der Waals surface area contributed by atoms with Crippen LogP contribution in [0.15, 0.2) is 42.6 Å². The molecule has 1 aliphatic rings. The Kier molecular flexibility index (Phi) is 4.67. The molecule has 5 rings (SSSR count). The quantitative estimate of drug-likeness (QED) is 0.565. The van der Waals surface area contributed by atoms with Crippen LogP contribution in [-0.2, 0) is 7.05 Å². The van der Waals surface area contributed by atoms with Gasteiger partial charge in [0.1, 0.15) is 5.69 Å². The first-order chi connectivity index (χ1) is 14.7. The van der Waals surface area contributed by atoms with Crippen molar-refractivity contribution in [3.8, 4) is 22.8 Å². The molecule has 30 heavy (non-hydrogen) atoms. The summed E-state index contributed by atoms with van der Waals surface area (Å²) in [5, 5.41) is 10.3. The molecule has 0 bridgehead atoms. The molecule has 1 saturated heterocycles. The Bertz CT molecular complexity index is 1210. The molecule has 1 aliphatic heterocycles. The number of piperazine rings is 1. The molecule has 154 valence electrons. The van der Waals surface area contributed by atoms with Gasteiger partial charge in [-0.15, -0.1) is 0 Å². The highest BCUT2D eigenvalue weighted by atomic mass is 16.5. The normalized spacial score (nSPS) is 14.4. The molecule has 0 spiro atoms. The van der Waals surface area contributed by atoms with Crippen LogP contribution in [-0.4, -0.2) is 55.2 Å². The van der Waals surface area contributed by atoms with E-state index in [1.165, 1.54) is 5.69 Å². The molecular weight excluding hydrogens is 378 g/mol. The Morgan fingerprint density at radius 3 is 2.37 bits per heavy atom. The highest BCUT2D eigenvalue weighted by Crippen LogP contribution is 2.38. The van der Waals surface area contributed by atoms with Crippen LogP contribution in [0.3, 0.4) is 0 Å². The number of methoxy groups -OCH3 is 2. The number of aryl methyl sites for hydroxylation is 1. The molecule has 0 saturated carbocycles. The third kappa shape index (κ3) is 3.02. The van der Waals surface area contributed by atoms with Gasteiger partial charge in [-0.05, 0) is 18.2 Å². The van der Waals surface area contributed by atoms with Gasteiger partial charge in [-0.3, -0.25) is 9.67 Å². The average molecular weight is 403 g/mol. The lowest BCUT2D eigenvalue weighted by molar-refractivity contribution is 0.356. The van der Waals surface area contributed by atoms with Crippen molar-refractivity contribution >= 4 is 27.5 Å². The van der Waals surface area contributed by atoms with Gasteiger partial charge in [-0.1, -0.05) is 12.1 Å². The van der Waals surface area contributed by atoms with E-state index in [4.69, 9.17) is 14.6 Å². The maximum absolute atomic E-state index is 5.54. The van der Waals surface area contributed by atoms with E-state index in [-0.39, 0.29) is 0 Å². The van der Waals surface area contributed by atoms with Crippen LogP contribution >= 0.6 is 0 Å². The zero-order valence-electron chi connectivity index (χ0n) is 17.5. The summed E-state index contributed by atoms with van der Waals surface area (Å²) in [6.45, 7) is 4.11. The zero-order valence-corrected chi connectivity index (χ0v) is 17.5. The van der Waals surface area contributed by atoms with Gasteiger partial charge in [0.25, 0.3) is 0 Å². The lowest BCUT2D eigenvalue weighted by atomic mass is 10.0. The summed E-state index contributed by atoms with van der Waals surface area (Å²) >= 11 is 0. The highest BCUT2D eigenvalue weighted by molar-refractivity contribution is 6.11. The van der Waals surface area contributed by atoms with Crippen LogP contribution in [0.5, 0.6) is 11.5 Å². The summed E-state index contributed by atoms with van der Waals surface area (Å²) in [6.07, 6.45) is 1.87. The predicted molar refractivity (Wildman–Crippen MR) is 120 cm³/mol. The van der Waals surface area contributed by atoms with E-state index in [0.717, 1.165) is 59.2 Å². The number of hydrogen-bond donors (Lipinski definition) is 1. The highest BCUT2D eigenvalue weighted by Gasteiger charge is 2.18. The molecule has 2 aromatic carbocycles. The third-order valence-electron chi connectivity index (χ3n) is 5.81. The minimum absolute atomic E-state index is 0.669. The minimum Gasteiger partial charge on any atom is -0.493 e. The molecule has 7 heteroatoms. The van der Waals surface area contributed by atoms with E-state index in [1.807, 2.05) is 30.1 Å².